The summed E-state index contributed by atoms with van der Waals surface area (Å²) in [7, 11) is 1.71. The third-order valence-electron chi connectivity index (χ3n) is 7.60. The summed E-state index contributed by atoms with van der Waals surface area (Å²) >= 11 is 0. The molecule has 4 heteroatoms. The Morgan fingerprint density at radius 2 is 2.12 bits per heavy atom. The van der Waals surface area contributed by atoms with Gasteiger partial charge in [0.15, 0.2) is 11.6 Å². The summed E-state index contributed by atoms with van der Waals surface area (Å²) in [4.78, 5) is 0. The number of ether oxygens (including phenoxy) is 1. The second-order valence-corrected chi connectivity index (χ2v) is 8.40. The minimum Gasteiger partial charge on any atom is -0.505 e. The second kappa shape index (κ2) is 5.55. The molecule has 2 saturated carbocycles. The van der Waals surface area contributed by atoms with Crippen molar-refractivity contribution in [1.82, 2.24) is 0 Å². The molecule has 1 aromatic rings. The van der Waals surface area contributed by atoms with E-state index >= 15 is 0 Å². The molecule has 136 valence electrons. The first-order chi connectivity index (χ1) is 11.8. The Kier molecular flexibility index (Phi) is 3.79. The highest BCUT2D eigenvalue weighted by Crippen LogP contribution is 2.65. The van der Waals surface area contributed by atoms with E-state index in [1.54, 1.807) is 19.3 Å². The number of phenolic OH excluding ortho intramolecular Hbond substituents is 1. The van der Waals surface area contributed by atoms with Gasteiger partial charge in [0.25, 0.3) is 0 Å². The average Bonchev–Trinajstić information content (AvgIpc) is 2.87. The third kappa shape index (κ3) is 2.16. The maximum Gasteiger partial charge on any atom is 0.165 e. The lowest BCUT2D eigenvalue weighted by Gasteiger charge is -2.55. The van der Waals surface area contributed by atoms with Gasteiger partial charge in [-0.05, 0) is 67.2 Å². The number of halogens is 1. The van der Waals surface area contributed by atoms with E-state index in [2.05, 4.69) is 13.5 Å². The minimum absolute atomic E-state index is 0.0705. The maximum absolute atomic E-state index is 14.1. The van der Waals surface area contributed by atoms with Crippen LogP contribution in [-0.4, -0.2) is 29.0 Å². The van der Waals surface area contributed by atoms with Crippen LogP contribution in [0.1, 0.15) is 49.7 Å². The predicted molar refractivity (Wildman–Crippen MR) is 94.0 cm³/mol. The Labute approximate surface area is 148 Å². The third-order valence-corrected chi connectivity index (χ3v) is 7.60. The van der Waals surface area contributed by atoms with Gasteiger partial charge in [0.05, 0.1) is 11.7 Å². The molecule has 0 bridgehead atoms. The van der Waals surface area contributed by atoms with Gasteiger partial charge in [-0.3, -0.25) is 0 Å². The zero-order valence-corrected chi connectivity index (χ0v) is 15.0. The first kappa shape index (κ1) is 17.0. The Morgan fingerprint density at radius 3 is 2.80 bits per heavy atom. The minimum atomic E-state index is -0.861. The van der Waals surface area contributed by atoms with E-state index in [9.17, 15) is 14.6 Å². The topological polar surface area (TPSA) is 49.7 Å². The summed E-state index contributed by atoms with van der Waals surface area (Å²) in [5.41, 5.74) is 0.890. The van der Waals surface area contributed by atoms with E-state index in [4.69, 9.17) is 4.74 Å². The molecule has 3 aliphatic rings. The standard InChI is InChI=1S/C21H27FO3/c1-4-21(24)8-7-15-13-6-5-12-9-17(23)16(22)10-14(12)19(13)18(25-3)11-20(15,21)2/h4,9-10,13,15,18-19,23-24H,1,5-8,11H2,2-3H3/t13-,15-,18-,19-,20-,21-/m0/s1. The molecule has 0 spiro atoms. The van der Waals surface area contributed by atoms with Crippen molar-refractivity contribution in [2.24, 2.45) is 17.3 Å². The van der Waals surface area contributed by atoms with Gasteiger partial charge < -0.3 is 14.9 Å². The van der Waals surface area contributed by atoms with Gasteiger partial charge in [-0.25, -0.2) is 4.39 Å². The zero-order valence-electron chi connectivity index (χ0n) is 15.0. The van der Waals surface area contributed by atoms with E-state index in [0.717, 1.165) is 43.2 Å². The number of aliphatic hydroxyl groups is 1. The van der Waals surface area contributed by atoms with Crippen molar-refractivity contribution in [2.75, 3.05) is 7.11 Å². The van der Waals surface area contributed by atoms with Gasteiger partial charge in [0.1, 0.15) is 0 Å². The van der Waals surface area contributed by atoms with Crippen LogP contribution >= 0.6 is 0 Å². The smallest absolute Gasteiger partial charge is 0.165 e. The van der Waals surface area contributed by atoms with Gasteiger partial charge in [0, 0.05) is 18.4 Å². The molecular weight excluding hydrogens is 319 g/mol. The number of hydrogen-bond acceptors (Lipinski definition) is 3. The Morgan fingerprint density at radius 1 is 1.36 bits per heavy atom. The van der Waals surface area contributed by atoms with Crippen LogP contribution in [0.15, 0.2) is 24.8 Å². The number of phenols is 1. The summed E-state index contributed by atoms with van der Waals surface area (Å²) in [6, 6.07) is 3.08. The van der Waals surface area contributed by atoms with Crippen LogP contribution < -0.4 is 0 Å². The largest absolute Gasteiger partial charge is 0.505 e. The number of hydrogen-bond donors (Lipinski definition) is 2. The summed E-state index contributed by atoms with van der Waals surface area (Å²) in [5.74, 6) is 0.0189. The fourth-order valence-corrected chi connectivity index (χ4v) is 6.23. The van der Waals surface area contributed by atoms with E-state index in [-0.39, 0.29) is 23.2 Å². The van der Waals surface area contributed by atoms with Crippen LogP contribution in [0.4, 0.5) is 4.39 Å². The number of aryl methyl sites for hydroxylation is 1. The number of benzene rings is 1. The highest BCUT2D eigenvalue weighted by molar-refractivity contribution is 5.42. The Hall–Kier alpha value is -1.39. The van der Waals surface area contributed by atoms with E-state index < -0.39 is 11.4 Å². The van der Waals surface area contributed by atoms with Gasteiger partial charge in [-0.1, -0.05) is 13.0 Å². The number of fused-ring (bicyclic) bond motifs is 5. The molecule has 6 atom stereocenters. The van der Waals surface area contributed by atoms with E-state index in [1.165, 1.54) is 6.07 Å². The van der Waals surface area contributed by atoms with Crippen molar-refractivity contribution in [3.8, 4) is 5.75 Å². The summed E-state index contributed by atoms with van der Waals surface area (Å²) in [5, 5.41) is 20.9. The highest BCUT2D eigenvalue weighted by Gasteiger charge is 2.63. The number of rotatable bonds is 2. The lowest BCUT2D eigenvalue weighted by molar-refractivity contribution is -0.120. The van der Waals surface area contributed by atoms with E-state index in [1.807, 2.05) is 0 Å². The number of aromatic hydroxyl groups is 1. The van der Waals surface area contributed by atoms with Crippen LogP contribution in [0.3, 0.4) is 0 Å². The van der Waals surface area contributed by atoms with Crippen LogP contribution in [-0.2, 0) is 11.2 Å². The first-order valence-electron chi connectivity index (χ1n) is 9.24. The molecule has 4 rings (SSSR count). The summed E-state index contributed by atoms with van der Waals surface area (Å²) < 4.78 is 19.9. The summed E-state index contributed by atoms with van der Waals surface area (Å²) in [6.45, 7) is 6.06. The lowest BCUT2D eigenvalue weighted by Crippen LogP contribution is -2.54. The van der Waals surface area contributed by atoms with Crippen molar-refractivity contribution < 1.29 is 19.3 Å². The van der Waals surface area contributed by atoms with Crippen molar-refractivity contribution >= 4 is 0 Å². The van der Waals surface area contributed by atoms with Crippen molar-refractivity contribution in [3.63, 3.8) is 0 Å². The molecule has 3 nitrogen and oxygen atoms in total. The maximum atomic E-state index is 14.1. The Bertz CT molecular complexity index is 717. The quantitative estimate of drug-likeness (QED) is 0.798. The normalized spacial score (nSPS) is 42.4. The molecule has 0 unspecified atom stereocenters. The van der Waals surface area contributed by atoms with Gasteiger partial charge in [-0.2, -0.15) is 0 Å². The SMILES string of the molecule is C=C[C@]1(O)CC[C@H]2[C@@H]3CCc4cc(O)c(F)cc4[C@H]3[C@@H](OC)C[C@@]21C. The molecule has 0 radical (unpaired) electrons. The summed E-state index contributed by atoms with van der Waals surface area (Å²) in [6.07, 6.45) is 5.89. The lowest BCUT2D eigenvalue weighted by atomic mass is 9.52. The second-order valence-electron chi connectivity index (χ2n) is 8.40. The van der Waals surface area contributed by atoms with Crippen molar-refractivity contribution in [1.29, 1.82) is 0 Å². The molecule has 0 aliphatic heterocycles. The molecule has 0 aromatic heterocycles. The molecule has 2 N–H and O–H groups in total. The predicted octanol–water partition coefficient (Wildman–Crippen LogP) is 3.93. The number of methoxy groups -OCH3 is 1. The van der Waals surface area contributed by atoms with Crippen LogP contribution in [0, 0.1) is 23.1 Å². The molecule has 3 aliphatic carbocycles. The molecule has 0 heterocycles. The van der Waals surface area contributed by atoms with Crippen molar-refractivity contribution in [2.45, 2.75) is 56.7 Å². The molecular formula is C21H27FO3. The molecule has 25 heavy (non-hydrogen) atoms. The molecule has 1 aromatic carbocycles. The molecule has 2 fully saturated rings. The van der Waals surface area contributed by atoms with Crippen LogP contribution in [0.5, 0.6) is 5.75 Å². The van der Waals surface area contributed by atoms with Gasteiger partial charge >= 0.3 is 0 Å². The molecule has 0 saturated heterocycles. The van der Waals surface area contributed by atoms with Gasteiger partial charge in [0.2, 0.25) is 0 Å². The average molecular weight is 346 g/mol. The van der Waals surface area contributed by atoms with E-state index in [0.29, 0.717) is 11.8 Å². The monoisotopic (exact) mass is 346 g/mol. The Balaban J connectivity index is 1.81. The van der Waals surface area contributed by atoms with Crippen LogP contribution in [0.2, 0.25) is 0 Å². The first-order valence-corrected chi connectivity index (χ1v) is 9.24. The van der Waals surface area contributed by atoms with Crippen LogP contribution in [0.25, 0.3) is 0 Å². The highest BCUT2D eigenvalue weighted by atomic mass is 19.1. The fourth-order valence-electron chi connectivity index (χ4n) is 6.23. The molecule has 0 amide bonds. The fraction of sp³-hybridized carbons (Fsp3) is 0.619. The van der Waals surface area contributed by atoms with Crippen molar-refractivity contribution in [3.05, 3.63) is 41.7 Å². The van der Waals surface area contributed by atoms with Gasteiger partial charge in [-0.15, -0.1) is 6.58 Å². The zero-order chi connectivity index (χ0) is 18.0.